The monoisotopic (exact) mass is 328 g/mol. The summed E-state index contributed by atoms with van der Waals surface area (Å²) in [7, 11) is 4.03. The quantitative estimate of drug-likeness (QED) is 0.833. The van der Waals surface area contributed by atoms with Crippen molar-refractivity contribution in [1.82, 2.24) is 20.0 Å². The Morgan fingerprint density at radius 1 is 1.58 bits per heavy atom. The first-order valence-corrected chi connectivity index (χ1v) is 7.52. The first kappa shape index (κ1) is 14.7. The van der Waals surface area contributed by atoms with Gasteiger partial charge in [0.05, 0.1) is 23.3 Å². The molecule has 5 nitrogen and oxygen atoms in total. The van der Waals surface area contributed by atoms with Gasteiger partial charge in [-0.2, -0.15) is 5.10 Å². The molecule has 0 bridgehead atoms. The number of halogens is 1. The molecule has 0 amide bonds. The molecule has 0 aromatic carbocycles. The Morgan fingerprint density at radius 2 is 2.37 bits per heavy atom. The fraction of sp³-hybridized carbons (Fsp3) is 0.692. The van der Waals surface area contributed by atoms with Gasteiger partial charge in [-0.25, -0.2) is 0 Å². The molecule has 1 saturated heterocycles. The molecule has 0 aliphatic carbocycles. The van der Waals surface area contributed by atoms with Crippen LogP contribution < -0.4 is 5.32 Å². The molecule has 6 heteroatoms. The average Bonchev–Trinajstić information content (AvgIpc) is 2.78. The summed E-state index contributed by atoms with van der Waals surface area (Å²) in [5, 5.41) is 7.60. The van der Waals surface area contributed by atoms with E-state index in [0.29, 0.717) is 5.69 Å². The van der Waals surface area contributed by atoms with E-state index in [1.807, 2.05) is 18.8 Å². The molecule has 106 valence electrons. The molecule has 1 aromatic heterocycles. The number of rotatable bonds is 5. The zero-order chi connectivity index (χ0) is 13.8. The highest BCUT2D eigenvalue weighted by atomic mass is 79.9. The summed E-state index contributed by atoms with van der Waals surface area (Å²) in [4.78, 5) is 14.7. The number of carbonyl (C=O) groups excluding carboxylic acids is 1. The summed E-state index contributed by atoms with van der Waals surface area (Å²) < 4.78 is 2.60. The zero-order valence-corrected chi connectivity index (χ0v) is 13.1. The number of nitrogens with one attached hydrogen (secondary N) is 1. The van der Waals surface area contributed by atoms with Gasteiger partial charge in [0.1, 0.15) is 5.69 Å². The van der Waals surface area contributed by atoms with E-state index < -0.39 is 0 Å². The second-order valence-electron chi connectivity index (χ2n) is 5.23. The number of Topliss-reactive ketones (excluding diaryl/α,β-unsaturated/α-hetero) is 1. The fourth-order valence-electron chi connectivity index (χ4n) is 2.31. The lowest BCUT2D eigenvalue weighted by Gasteiger charge is -2.22. The van der Waals surface area contributed by atoms with Gasteiger partial charge in [0.15, 0.2) is 5.78 Å². The van der Waals surface area contributed by atoms with Gasteiger partial charge in [-0.1, -0.05) is 6.42 Å². The number of hydrogen-bond donors (Lipinski definition) is 1. The molecule has 19 heavy (non-hydrogen) atoms. The number of aromatic nitrogens is 2. The smallest absolute Gasteiger partial charge is 0.198 e. The minimum absolute atomic E-state index is 0.0557. The molecule has 1 fully saturated rings. The highest BCUT2D eigenvalue weighted by molar-refractivity contribution is 9.10. The maximum atomic E-state index is 12.6. The molecule has 1 N–H and O–H groups in total. The summed E-state index contributed by atoms with van der Waals surface area (Å²) >= 11 is 3.45. The summed E-state index contributed by atoms with van der Waals surface area (Å²) in [6, 6.07) is -0.0557. The number of carbonyl (C=O) groups is 1. The standard InChI is InChI=1S/C13H21BrN4O/c1-17(2)7-8-18-12(10(14)9-16-18)13(19)11-5-3-4-6-15-11/h9,11,15H,3-8H2,1-2H3. The summed E-state index contributed by atoms with van der Waals surface area (Å²) in [6.07, 6.45) is 4.91. The second-order valence-corrected chi connectivity index (χ2v) is 6.09. The van der Waals surface area contributed by atoms with Gasteiger partial charge in [-0.3, -0.25) is 9.48 Å². The first-order chi connectivity index (χ1) is 9.09. The third-order valence-electron chi connectivity index (χ3n) is 3.41. The van der Waals surface area contributed by atoms with E-state index in [1.165, 1.54) is 0 Å². The van der Waals surface area contributed by atoms with E-state index in [2.05, 4.69) is 31.2 Å². The Balaban J connectivity index is 2.13. The molecule has 1 aliphatic heterocycles. The number of piperidine rings is 1. The minimum Gasteiger partial charge on any atom is -0.308 e. The summed E-state index contributed by atoms with van der Waals surface area (Å²) in [5.41, 5.74) is 0.696. The molecule has 2 rings (SSSR count). The number of likely N-dealkylation sites (N-methyl/N-ethyl adjacent to an activating group) is 1. The second kappa shape index (κ2) is 6.63. The Hall–Kier alpha value is -0.720. The van der Waals surface area contributed by atoms with Crippen LogP contribution in [0.4, 0.5) is 0 Å². The first-order valence-electron chi connectivity index (χ1n) is 6.73. The highest BCUT2D eigenvalue weighted by Crippen LogP contribution is 2.20. The van der Waals surface area contributed by atoms with Crippen molar-refractivity contribution in [1.29, 1.82) is 0 Å². The topological polar surface area (TPSA) is 50.2 Å². The van der Waals surface area contributed by atoms with E-state index >= 15 is 0 Å². The van der Waals surface area contributed by atoms with Crippen LogP contribution in [-0.2, 0) is 6.54 Å². The van der Waals surface area contributed by atoms with Gasteiger partial charge in [-0.15, -0.1) is 0 Å². The molecule has 1 aromatic rings. The van der Waals surface area contributed by atoms with Crippen LogP contribution in [0.15, 0.2) is 10.7 Å². The van der Waals surface area contributed by atoms with E-state index in [1.54, 1.807) is 6.20 Å². The lowest BCUT2D eigenvalue weighted by Crippen LogP contribution is -2.41. The van der Waals surface area contributed by atoms with E-state index in [-0.39, 0.29) is 11.8 Å². The molecule has 0 radical (unpaired) electrons. The molecule has 0 saturated carbocycles. The lowest BCUT2D eigenvalue weighted by molar-refractivity contribution is 0.0914. The highest BCUT2D eigenvalue weighted by Gasteiger charge is 2.26. The molecule has 1 atom stereocenters. The molecule has 1 unspecified atom stereocenters. The summed E-state index contributed by atoms with van der Waals surface area (Å²) in [5.74, 6) is 0.155. The van der Waals surface area contributed by atoms with Crippen LogP contribution in [0, 0.1) is 0 Å². The Bertz CT molecular complexity index is 438. The molecular weight excluding hydrogens is 308 g/mol. The van der Waals surface area contributed by atoms with Crippen LogP contribution >= 0.6 is 15.9 Å². The van der Waals surface area contributed by atoms with Crippen molar-refractivity contribution in [2.24, 2.45) is 0 Å². The van der Waals surface area contributed by atoms with E-state index in [0.717, 1.165) is 43.4 Å². The Labute approximate surface area is 122 Å². The van der Waals surface area contributed by atoms with Gasteiger partial charge in [0, 0.05) is 6.54 Å². The van der Waals surface area contributed by atoms with Crippen LogP contribution in [0.2, 0.25) is 0 Å². The van der Waals surface area contributed by atoms with Crippen molar-refractivity contribution in [2.75, 3.05) is 27.2 Å². The van der Waals surface area contributed by atoms with Gasteiger partial charge in [0.2, 0.25) is 0 Å². The predicted molar refractivity (Wildman–Crippen MR) is 78.5 cm³/mol. The average molecular weight is 329 g/mol. The van der Waals surface area contributed by atoms with Crippen molar-refractivity contribution in [3.8, 4) is 0 Å². The van der Waals surface area contributed by atoms with Crippen LogP contribution in [0.25, 0.3) is 0 Å². The third kappa shape index (κ3) is 3.64. The van der Waals surface area contributed by atoms with E-state index in [4.69, 9.17) is 0 Å². The molecule has 0 spiro atoms. The largest absolute Gasteiger partial charge is 0.308 e. The van der Waals surface area contributed by atoms with Crippen molar-refractivity contribution < 1.29 is 4.79 Å². The third-order valence-corrected chi connectivity index (χ3v) is 3.99. The van der Waals surface area contributed by atoms with Crippen molar-refractivity contribution in [2.45, 2.75) is 31.8 Å². The number of hydrogen-bond acceptors (Lipinski definition) is 4. The molecule has 1 aliphatic rings. The van der Waals surface area contributed by atoms with Crippen LogP contribution in [-0.4, -0.2) is 53.7 Å². The Kier molecular flexibility index (Phi) is 5.13. The molecular formula is C13H21BrN4O. The number of ketones is 1. The molecule has 2 heterocycles. The predicted octanol–water partition coefficient (Wildman–Crippen LogP) is 1.53. The van der Waals surface area contributed by atoms with Crippen LogP contribution in [0.5, 0.6) is 0 Å². The van der Waals surface area contributed by atoms with Gasteiger partial charge in [-0.05, 0) is 49.4 Å². The minimum atomic E-state index is -0.0557. The summed E-state index contributed by atoms with van der Waals surface area (Å²) in [6.45, 7) is 2.53. The number of nitrogens with zero attached hydrogens (tertiary/aromatic N) is 3. The SMILES string of the molecule is CN(C)CCn1ncc(Br)c1C(=O)C1CCCCN1. The van der Waals surface area contributed by atoms with Crippen molar-refractivity contribution in [3.63, 3.8) is 0 Å². The van der Waals surface area contributed by atoms with Crippen LogP contribution in [0.1, 0.15) is 29.8 Å². The van der Waals surface area contributed by atoms with Gasteiger partial charge in [0.25, 0.3) is 0 Å². The Morgan fingerprint density at radius 3 is 3.00 bits per heavy atom. The van der Waals surface area contributed by atoms with Crippen molar-refractivity contribution >= 4 is 21.7 Å². The maximum Gasteiger partial charge on any atom is 0.198 e. The maximum absolute atomic E-state index is 12.6. The van der Waals surface area contributed by atoms with Crippen LogP contribution in [0.3, 0.4) is 0 Å². The lowest BCUT2D eigenvalue weighted by atomic mass is 9.99. The van der Waals surface area contributed by atoms with Crippen molar-refractivity contribution in [3.05, 3.63) is 16.4 Å². The van der Waals surface area contributed by atoms with Gasteiger partial charge >= 0.3 is 0 Å². The van der Waals surface area contributed by atoms with E-state index in [9.17, 15) is 4.79 Å². The normalized spacial score (nSPS) is 19.9. The fourth-order valence-corrected chi connectivity index (χ4v) is 2.80. The van der Waals surface area contributed by atoms with Gasteiger partial charge < -0.3 is 10.2 Å². The zero-order valence-electron chi connectivity index (χ0n) is 11.5.